The lowest BCUT2D eigenvalue weighted by Crippen LogP contribution is -2.30. The third kappa shape index (κ3) is 84.0. The van der Waals surface area contributed by atoms with E-state index in [1.807, 2.05) is 0 Å². The fourth-order valence-corrected chi connectivity index (χ4v) is 15.9. The van der Waals surface area contributed by atoms with Gasteiger partial charge in [-0.15, -0.1) is 0 Å². The fourth-order valence-electron chi connectivity index (χ4n) is 14.3. The van der Waals surface area contributed by atoms with E-state index in [0.717, 1.165) is 102 Å². The monoisotopic (exact) mass is 1610 g/mol. The summed E-state index contributed by atoms with van der Waals surface area (Å²) in [7, 11) is -9.94. The zero-order valence-electron chi connectivity index (χ0n) is 72.6. The molecule has 2 unspecified atom stereocenters. The van der Waals surface area contributed by atoms with Gasteiger partial charge in [-0.05, 0) is 37.5 Å². The number of rotatable bonds is 90. The molecule has 3 N–H and O–H groups in total. The average molecular weight is 1610 g/mol. The molecule has 0 spiro atoms. The van der Waals surface area contributed by atoms with Crippen LogP contribution in [-0.2, 0) is 65.4 Å². The maximum Gasteiger partial charge on any atom is 0.472 e. The zero-order chi connectivity index (χ0) is 80.6. The highest BCUT2D eigenvalue weighted by Crippen LogP contribution is 2.45. The van der Waals surface area contributed by atoms with E-state index in [2.05, 4.69) is 41.5 Å². The lowest BCUT2D eigenvalue weighted by atomic mass is 10.0. The van der Waals surface area contributed by atoms with Crippen LogP contribution in [0.2, 0.25) is 0 Å². The molecule has 0 amide bonds. The Morgan fingerprint density at radius 1 is 0.245 bits per heavy atom. The Labute approximate surface area is 677 Å². The molecular weight excluding hydrogens is 1430 g/mol. The van der Waals surface area contributed by atoms with Gasteiger partial charge in [0.1, 0.15) is 19.3 Å². The molecule has 110 heavy (non-hydrogen) atoms. The van der Waals surface area contributed by atoms with Crippen molar-refractivity contribution in [2.24, 2.45) is 11.8 Å². The number of phosphoric ester groups is 2. The second-order valence-corrected chi connectivity index (χ2v) is 36.6. The minimum atomic E-state index is -4.97. The Morgan fingerprint density at radius 2 is 0.418 bits per heavy atom. The molecular formula is C91H178O17P2. The van der Waals surface area contributed by atoms with Gasteiger partial charge in [0.15, 0.2) is 12.2 Å². The molecule has 0 radical (unpaired) electrons. The highest BCUT2D eigenvalue weighted by molar-refractivity contribution is 7.47. The van der Waals surface area contributed by atoms with Gasteiger partial charge in [0.05, 0.1) is 26.4 Å². The van der Waals surface area contributed by atoms with Crippen LogP contribution in [0.1, 0.15) is 491 Å². The van der Waals surface area contributed by atoms with Crippen LogP contribution in [-0.4, -0.2) is 96.7 Å². The van der Waals surface area contributed by atoms with Gasteiger partial charge in [0.2, 0.25) is 0 Å². The third-order valence-electron chi connectivity index (χ3n) is 21.5. The summed E-state index contributed by atoms with van der Waals surface area (Å²) in [5.74, 6) is -0.531. The molecule has 0 fully saturated rings. The molecule has 0 aliphatic carbocycles. The van der Waals surface area contributed by atoms with Crippen molar-refractivity contribution in [2.45, 2.75) is 509 Å². The molecule has 0 aliphatic rings. The first-order valence-electron chi connectivity index (χ1n) is 47.0. The predicted octanol–water partition coefficient (Wildman–Crippen LogP) is 28.2. The van der Waals surface area contributed by atoms with Gasteiger partial charge in [0.25, 0.3) is 0 Å². The molecule has 5 atom stereocenters. The van der Waals surface area contributed by atoms with Crippen LogP contribution in [0.4, 0.5) is 0 Å². The topological polar surface area (TPSA) is 237 Å². The Morgan fingerprint density at radius 3 is 0.618 bits per heavy atom. The number of hydrogen-bond acceptors (Lipinski definition) is 15. The normalized spacial score (nSPS) is 13.7. The maximum atomic E-state index is 13.2. The van der Waals surface area contributed by atoms with Crippen LogP contribution in [0, 0.1) is 11.8 Å². The average Bonchev–Trinajstić information content (AvgIpc) is 0.898. The number of aliphatic hydroxyl groups excluding tert-OH is 1. The van der Waals surface area contributed by atoms with E-state index in [4.69, 9.17) is 37.0 Å². The second kappa shape index (κ2) is 82.2. The van der Waals surface area contributed by atoms with Gasteiger partial charge >= 0.3 is 39.5 Å². The molecule has 0 aromatic carbocycles. The van der Waals surface area contributed by atoms with Crippen molar-refractivity contribution in [3.8, 4) is 0 Å². The van der Waals surface area contributed by atoms with Crippen molar-refractivity contribution in [2.75, 3.05) is 39.6 Å². The predicted molar refractivity (Wildman–Crippen MR) is 455 cm³/mol. The molecule has 0 aliphatic heterocycles. The molecule has 0 saturated carbocycles. The maximum absolute atomic E-state index is 13.2. The number of carbonyl (C=O) groups is 4. The number of aliphatic hydroxyl groups is 1. The van der Waals surface area contributed by atoms with Gasteiger partial charge in [-0.3, -0.25) is 37.3 Å². The first-order chi connectivity index (χ1) is 53.4. The smallest absolute Gasteiger partial charge is 0.462 e. The Balaban J connectivity index is 5.25. The van der Waals surface area contributed by atoms with Crippen LogP contribution in [0.3, 0.4) is 0 Å². The van der Waals surface area contributed by atoms with Crippen molar-refractivity contribution in [1.29, 1.82) is 0 Å². The molecule has 19 heteroatoms. The van der Waals surface area contributed by atoms with Gasteiger partial charge in [-0.2, -0.15) is 0 Å². The Hall–Kier alpha value is -1.94. The van der Waals surface area contributed by atoms with Crippen LogP contribution in [0.5, 0.6) is 0 Å². The minimum absolute atomic E-state index is 0.108. The first-order valence-corrected chi connectivity index (χ1v) is 50.0. The molecule has 0 bridgehead atoms. The molecule has 0 aromatic rings. The number of ether oxygens (including phenoxy) is 4. The van der Waals surface area contributed by atoms with Gasteiger partial charge in [-0.25, -0.2) is 9.13 Å². The molecule has 17 nitrogen and oxygen atoms in total. The highest BCUT2D eigenvalue weighted by atomic mass is 31.2. The van der Waals surface area contributed by atoms with Crippen molar-refractivity contribution in [3.63, 3.8) is 0 Å². The van der Waals surface area contributed by atoms with E-state index >= 15 is 0 Å². The van der Waals surface area contributed by atoms with Crippen LogP contribution >= 0.6 is 15.6 Å². The summed E-state index contributed by atoms with van der Waals surface area (Å²) in [5.41, 5.74) is 0. The van der Waals surface area contributed by atoms with Crippen LogP contribution in [0.25, 0.3) is 0 Å². The molecule has 0 rings (SSSR count). The molecule has 0 saturated heterocycles. The number of hydrogen-bond donors (Lipinski definition) is 3. The second-order valence-electron chi connectivity index (χ2n) is 33.6. The summed E-state index contributed by atoms with van der Waals surface area (Å²) < 4.78 is 69.1. The Kier molecular flexibility index (Phi) is 80.7. The number of unbranched alkanes of at least 4 members (excludes halogenated alkanes) is 60. The summed E-state index contributed by atoms with van der Waals surface area (Å²) in [6, 6.07) is 0. The number of esters is 4. The molecule has 0 heterocycles. The van der Waals surface area contributed by atoms with Crippen molar-refractivity contribution in [3.05, 3.63) is 0 Å². The third-order valence-corrected chi connectivity index (χ3v) is 23.4. The lowest BCUT2D eigenvalue weighted by Gasteiger charge is -2.21. The van der Waals surface area contributed by atoms with Gasteiger partial charge in [0, 0.05) is 25.7 Å². The van der Waals surface area contributed by atoms with Crippen LogP contribution in [0.15, 0.2) is 0 Å². The number of phosphoric acid groups is 2. The quantitative estimate of drug-likeness (QED) is 0.0222. The van der Waals surface area contributed by atoms with Crippen molar-refractivity contribution < 1.29 is 80.2 Å². The molecule has 0 aromatic heterocycles. The fraction of sp³-hybridized carbons (Fsp3) is 0.956. The minimum Gasteiger partial charge on any atom is -0.462 e. The zero-order valence-corrected chi connectivity index (χ0v) is 74.4. The lowest BCUT2D eigenvalue weighted by molar-refractivity contribution is -0.161. The van der Waals surface area contributed by atoms with E-state index in [9.17, 15) is 43.2 Å². The molecule has 654 valence electrons. The first kappa shape index (κ1) is 108. The van der Waals surface area contributed by atoms with Crippen molar-refractivity contribution in [1.82, 2.24) is 0 Å². The van der Waals surface area contributed by atoms with E-state index < -0.39 is 97.5 Å². The summed E-state index contributed by atoms with van der Waals surface area (Å²) in [6.07, 6.45) is 76.5. The Bertz CT molecular complexity index is 2100. The SMILES string of the molecule is CCCCCCCCCCCCCCCCCCCCCCC(=O)OC[C@H](COP(=O)(O)OC[C@@H](O)COP(=O)(O)OC[C@@H](COC(=O)CCCCCCCCCCCC(C)C)OC(=O)CCCCCCCCCCCCCCCCCCC)OC(=O)CCCCCCCCCCCCCCCCCCCCC(C)C. The standard InChI is InChI=1S/C91H178O17P2/c1-7-9-11-13-15-17-19-21-23-25-26-27-32-35-39-43-49-55-61-67-73-88(93)101-79-86(107-90(95)76-70-64-58-51-45-41-37-33-29-28-31-34-38-42-47-53-59-65-71-83(3)4)81-105-109(97,98)103-77-85(92)78-104-110(99,100)106-82-87(80-102-89(94)74-68-62-56-52-46-48-54-60-66-72-84(5)6)108-91(96)75-69-63-57-50-44-40-36-30-24-22-20-18-16-14-12-10-8-2/h83-87,92H,7-82H2,1-6H3,(H,97,98)(H,99,100)/t85-,86-,87-/m1/s1. The summed E-state index contributed by atoms with van der Waals surface area (Å²) in [5, 5.41) is 10.7. The largest absolute Gasteiger partial charge is 0.472 e. The highest BCUT2D eigenvalue weighted by Gasteiger charge is 2.31. The summed E-state index contributed by atoms with van der Waals surface area (Å²) >= 11 is 0. The van der Waals surface area contributed by atoms with Gasteiger partial charge < -0.3 is 33.8 Å². The summed E-state index contributed by atoms with van der Waals surface area (Å²) in [6.45, 7) is 9.72. The van der Waals surface area contributed by atoms with E-state index in [0.29, 0.717) is 25.7 Å². The van der Waals surface area contributed by atoms with E-state index in [-0.39, 0.29) is 25.7 Å². The number of carbonyl (C=O) groups excluding carboxylic acids is 4. The van der Waals surface area contributed by atoms with Crippen LogP contribution < -0.4 is 0 Å². The van der Waals surface area contributed by atoms with Crippen molar-refractivity contribution >= 4 is 39.5 Å². The van der Waals surface area contributed by atoms with E-state index in [1.165, 1.54) is 308 Å². The van der Waals surface area contributed by atoms with E-state index in [1.54, 1.807) is 0 Å². The summed E-state index contributed by atoms with van der Waals surface area (Å²) in [4.78, 5) is 73.4. The van der Waals surface area contributed by atoms with Gasteiger partial charge in [-0.1, -0.05) is 440 Å².